The summed E-state index contributed by atoms with van der Waals surface area (Å²) in [4.78, 5) is 24.5. The molecule has 0 saturated heterocycles. The Morgan fingerprint density at radius 2 is 2.07 bits per heavy atom. The fourth-order valence-corrected chi connectivity index (χ4v) is 4.13. The Balaban J connectivity index is 1.44. The lowest BCUT2D eigenvalue weighted by atomic mass is 9.94. The standard InChI is InChI=1S/C21H23N3O3/c1-27-19-5-3-2-4-17(19)18-8-9-21(26)24(23-18)13-20(25)22-12-16-11-14-6-7-15(16)10-14/h2-9,14-16H,10-13H2,1H3,(H,22,25)/t14-,15-,16+/m1/s1. The third kappa shape index (κ3) is 3.65. The molecule has 1 aromatic heterocycles. The van der Waals surface area contributed by atoms with Gasteiger partial charge in [-0.15, -0.1) is 0 Å². The zero-order valence-electron chi connectivity index (χ0n) is 15.3. The SMILES string of the molecule is COc1ccccc1-c1ccc(=O)n(CC(=O)NC[C@@H]2C[C@@H]3C=C[C@@H]2C3)n1. The van der Waals surface area contributed by atoms with Gasteiger partial charge in [0.05, 0.1) is 12.8 Å². The van der Waals surface area contributed by atoms with Gasteiger partial charge < -0.3 is 10.1 Å². The number of carbonyl (C=O) groups excluding carboxylic acids is 1. The Labute approximate surface area is 157 Å². The Morgan fingerprint density at radius 3 is 2.81 bits per heavy atom. The van der Waals surface area contributed by atoms with E-state index in [0.29, 0.717) is 35.7 Å². The van der Waals surface area contributed by atoms with E-state index in [1.54, 1.807) is 13.2 Å². The summed E-state index contributed by atoms with van der Waals surface area (Å²) >= 11 is 0. The van der Waals surface area contributed by atoms with Crippen molar-refractivity contribution in [2.45, 2.75) is 19.4 Å². The lowest BCUT2D eigenvalue weighted by Crippen LogP contribution is -2.36. The van der Waals surface area contributed by atoms with E-state index in [9.17, 15) is 9.59 Å². The Hall–Kier alpha value is -2.89. The topological polar surface area (TPSA) is 73.2 Å². The number of nitrogens with one attached hydrogen (secondary N) is 1. The summed E-state index contributed by atoms with van der Waals surface area (Å²) in [5.74, 6) is 2.26. The van der Waals surface area contributed by atoms with E-state index in [-0.39, 0.29) is 18.0 Å². The van der Waals surface area contributed by atoms with Crippen LogP contribution in [0.5, 0.6) is 5.75 Å². The Kier molecular flexibility index (Phi) is 4.79. The van der Waals surface area contributed by atoms with Crippen LogP contribution in [0.4, 0.5) is 0 Å². The summed E-state index contributed by atoms with van der Waals surface area (Å²) < 4.78 is 6.56. The summed E-state index contributed by atoms with van der Waals surface area (Å²) in [6.45, 7) is 0.573. The maximum atomic E-state index is 12.3. The first-order chi connectivity index (χ1) is 13.1. The van der Waals surface area contributed by atoms with Crippen LogP contribution in [0.15, 0.2) is 53.3 Å². The van der Waals surface area contributed by atoms with E-state index in [1.165, 1.54) is 17.2 Å². The Bertz CT molecular complexity index is 934. The number of fused-ring (bicyclic) bond motifs is 2. The molecule has 2 aromatic rings. The lowest BCUT2D eigenvalue weighted by molar-refractivity contribution is -0.122. The number of amides is 1. The van der Waals surface area contributed by atoms with Crippen LogP contribution in [0.3, 0.4) is 0 Å². The number of para-hydroxylation sites is 1. The van der Waals surface area contributed by atoms with Gasteiger partial charge in [-0.1, -0.05) is 24.3 Å². The number of hydrogen-bond donors (Lipinski definition) is 1. The number of aromatic nitrogens is 2. The van der Waals surface area contributed by atoms with Gasteiger partial charge in [-0.2, -0.15) is 5.10 Å². The molecular formula is C21H23N3O3. The molecule has 2 aliphatic carbocycles. The molecule has 1 saturated carbocycles. The summed E-state index contributed by atoms with van der Waals surface area (Å²) in [6.07, 6.45) is 6.91. The van der Waals surface area contributed by atoms with E-state index in [2.05, 4.69) is 22.6 Å². The second-order valence-corrected chi connectivity index (χ2v) is 7.26. The molecule has 0 unspecified atom stereocenters. The van der Waals surface area contributed by atoms with Crippen molar-refractivity contribution in [3.05, 3.63) is 58.9 Å². The number of allylic oxidation sites excluding steroid dienone is 2. The minimum absolute atomic E-state index is 0.0848. The number of methoxy groups -OCH3 is 1. The molecule has 4 rings (SSSR count). The molecule has 140 valence electrons. The summed E-state index contributed by atoms with van der Waals surface area (Å²) in [5.41, 5.74) is 1.08. The second-order valence-electron chi connectivity index (χ2n) is 7.26. The van der Waals surface area contributed by atoms with Gasteiger partial charge in [0, 0.05) is 18.2 Å². The number of hydrogen-bond acceptors (Lipinski definition) is 4. The molecule has 1 amide bonds. The third-order valence-electron chi connectivity index (χ3n) is 5.52. The second kappa shape index (κ2) is 7.39. The first kappa shape index (κ1) is 17.5. The molecular weight excluding hydrogens is 342 g/mol. The van der Waals surface area contributed by atoms with Gasteiger partial charge in [0.25, 0.3) is 5.56 Å². The zero-order valence-corrected chi connectivity index (χ0v) is 15.3. The van der Waals surface area contributed by atoms with Crippen molar-refractivity contribution in [1.29, 1.82) is 0 Å². The third-order valence-corrected chi connectivity index (χ3v) is 5.52. The first-order valence-corrected chi connectivity index (χ1v) is 9.30. The molecule has 1 aromatic carbocycles. The van der Waals surface area contributed by atoms with Crippen LogP contribution >= 0.6 is 0 Å². The van der Waals surface area contributed by atoms with Crippen LogP contribution in [0.25, 0.3) is 11.3 Å². The molecule has 2 aliphatic rings. The zero-order chi connectivity index (χ0) is 18.8. The highest BCUT2D eigenvalue weighted by Gasteiger charge is 2.35. The maximum absolute atomic E-state index is 12.3. The molecule has 0 radical (unpaired) electrons. The fraction of sp³-hybridized carbons (Fsp3) is 0.381. The Morgan fingerprint density at radius 1 is 1.22 bits per heavy atom. The van der Waals surface area contributed by atoms with Gasteiger partial charge in [-0.3, -0.25) is 9.59 Å². The van der Waals surface area contributed by atoms with Crippen molar-refractivity contribution in [3.8, 4) is 17.0 Å². The van der Waals surface area contributed by atoms with Crippen LogP contribution in [0, 0.1) is 17.8 Å². The van der Waals surface area contributed by atoms with Crippen molar-refractivity contribution in [3.63, 3.8) is 0 Å². The quantitative estimate of drug-likeness (QED) is 0.797. The highest BCUT2D eigenvalue weighted by Crippen LogP contribution is 2.42. The molecule has 2 bridgehead atoms. The van der Waals surface area contributed by atoms with Gasteiger partial charge >= 0.3 is 0 Å². The van der Waals surface area contributed by atoms with Gasteiger partial charge in [0.2, 0.25) is 5.91 Å². The predicted octanol–water partition coefficient (Wildman–Crippen LogP) is 2.25. The monoisotopic (exact) mass is 365 g/mol. The number of benzene rings is 1. The highest BCUT2D eigenvalue weighted by atomic mass is 16.5. The van der Waals surface area contributed by atoms with E-state index in [1.807, 2.05) is 24.3 Å². The molecule has 3 atom stereocenters. The number of rotatable bonds is 6. The van der Waals surface area contributed by atoms with Crippen LogP contribution in [0.2, 0.25) is 0 Å². The van der Waals surface area contributed by atoms with Gasteiger partial charge in [0.1, 0.15) is 12.3 Å². The van der Waals surface area contributed by atoms with Crippen LogP contribution in [-0.4, -0.2) is 29.3 Å². The molecule has 0 aliphatic heterocycles. The van der Waals surface area contributed by atoms with Crippen molar-refractivity contribution in [2.75, 3.05) is 13.7 Å². The molecule has 1 N–H and O–H groups in total. The molecule has 0 spiro atoms. The molecule has 6 heteroatoms. The molecule has 6 nitrogen and oxygen atoms in total. The van der Waals surface area contributed by atoms with Crippen LogP contribution in [0.1, 0.15) is 12.8 Å². The van der Waals surface area contributed by atoms with E-state index in [0.717, 1.165) is 12.0 Å². The van der Waals surface area contributed by atoms with Gasteiger partial charge in [-0.25, -0.2) is 4.68 Å². The van der Waals surface area contributed by atoms with Gasteiger partial charge in [0.15, 0.2) is 0 Å². The number of ether oxygens (including phenoxy) is 1. The number of carbonyl (C=O) groups is 1. The average Bonchev–Trinajstić information content (AvgIpc) is 3.31. The van der Waals surface area contributed by atoms with Crippen molar-refractivity contribution in [2.24, 2.45) is 17.8 Å². The minimum atomic E-state index is -0.299. The first-order valence-electron chi connectivity index (χ1n) is 9.30. The molecule has 1 fully saturated rings. The largest absolute Gasteiger partial charge is 0.496 e. The van der Waals surface area contributed by atoms with Crippen molar-refractivity contribution < 1.29 is 9.53 Å². The normalized spacial score (nSPS) is 22.8. The maximum Gasteiger partial charge on any atom is 0.267 e. The number of nitrogens with zero attached hydrogens (tertiary/aromatic N) is 2. The minimum Gasteiger partial charge on any atom is -0.496 e. The van der Waals surface area contributed by atoms with E-state index >= 15 is 0 Å². The summed E-state index contributed by atoms with van der Waals surface area (Å²) in [5, 5.41) is 7.33. The van der Waals surface area contributed by atoms with Crippen molar-refractivity contribution >= 4 is 5.91 Å². The summed E-state index contributed by atoms with van der Waals surface area (Å²) in [6, 6.07) is 10.5. The van der Waals surface area contributed by atoms with Crippen molar-refractivity contribution in [1.82, 2.24) is 15.1 Å². The average molecular weight is 365 g/mol. The molecule has 1 heterocycles. The van der Waals surface area contributed by atoms with E-state index in [4.69, 9.17) is 4.74 Å². The van der Waals surface area contributed by atoms with Gasteiger partial charge in [-0.05, 0) is 48.8 Å². The molecule has 27 heavy (non-hydrogen) atoms. The smallest absolute Gasteiger partial charge is 0.267 e. The van der Waals surface area contributed by atoms with E-state index < -0.39 is 0 Å². The lowest BCUT2D eigenvalue weighted by Gasteiger charge is -2.18. The van der Waals surface area contributed by atoms with Crippen LogP contribution in [-0.2, 0) is 11.3 Å². The fourth-order valence-electron chi connectivity index (χ4n) is 4.13. The predicted molar refractivity (Wildman–Crippen MR) is 102 cm³/mol. The summed E-state index contributed by atoms with van der Waals surface area (Å²) in [7, 11) is 1.59. The highest BCUT2D eigenvalue weighted by molar-refractivity contribution is 5.75. The van der Waals surface area contributed by atoms with Crippen LogP contribution < -0.4 is 15.6 Å².